The number of para-hydroxylation sites is 1. The van der Waals surface area contributed by atoms with Crippen molar-refractivity contribution in [2.45, 2.75) is 31.6 Å². The zero-order valence-electron chi connectivity index (χ0n) is 30.6. The SMILES string of the molecule is CC1(C)c2ccccc2-c2cc(-c3ccc(C(Cc4ccc(-c5ccccc5)cc4)c4ccc(-c5cccc6oc7ccccc7c56)cc4)cc3)ccc21. The van der Waals surface area contributed by atoms with Crippen LogP contribution in [0.15, 0.2) is 192 Å². The Morgan fingerprint density at radius 2 is 0.981 bits per heavy atom. The number of rotatable bonds is 7. The summed E-state index contributed by atoms with van der Waals surface area (Å²) in [6, 6.07) is 68.9. The maximum atomic E-state index is 6.23. The van der Waals surface area contributed by atoms with Crippen LogP contribution in [-0.2, 0) is 11.8 Å². The van der Waals surface area contributed by atoms with Crippen molar-refractivity contribution in [3.05, 3.63) is 216 Å². The van der Waals surface area contributed by atoms with Gasteiger partial charge in [0.15, 0.2) is 0 Å². The van der Waals surface area contributed by atoms with E-state index in [1.165, 1.54) is 77.7 Å². The Hall–Kier alpha value is -6.44. The molecule has 1 aromatic heterocycles. The average Bonchev–Trinajstić information content (AvgIpc) is 3.73. The molecule has 1 aliphatic rings. The van der Waals surface area contributed by atoms with Gasteiger partial charge < -0.3 is 4.42 Å². The van der Waals surface area contributed by atoms with E-state index in [9.17, 15) is 0 Å². The van der Waals surface area contributed by atoms with E-state index in [2.05, 4.69) is 196 Å². The summed E-state index contributed by atoms with van der Waals surface area (Å²) in [6.07, 6.45) is 0.903. The van der Waals surface area contributed by atoms with Crippen LogP contribution < -0.4 is 0 Å². The lowest BCUT2D eigenvalue weighted by Crippen LogP contribution is -2.14. The second-order valence-corrected chi connectivity index (χ2v) is 15.3. The largest absolute Gasteiger partial charge is 0.456 e. The van der Waals surface area contributed by atoms with Crippen molar-refractivity contribution in [3.8, 4) is 44.5 Å². The Morgan fingerprint density at radius 3 is 1.76 bits per heavy atom. The fraction of sp³-hybridized carbons (Fsp3) is 0.0943. The van der Waals surface area contributed by atoms with Crippen LogP contribution in [0.3, 0.4) is 0 Å². The van der Waals surface area contributed by atoms with Crippen molar-refractivity contribution in [1.29, 1.82) is 0 Å². The van der Waals surface area contributed by atoms with Gasteiger partial charge in [-0.25, -0.2) is 0 Å². The second-order valence-electron chi connectivity index (χ2n) is 15.3. The number of furan rings is 1. The Kier molecular flexibility index (Phi) is 7.70. The standard InChI is InChI=1S/C53H40O/c1-53(2)48-16-8-6-13-44(48)47-34-42(31-32-49(47)53)38-23-25-40(26-24-38)46(33-35-19-21-37(22-20-35)36-11-4-3-5-12-36)41-29-27-39(28-30-41)43-15-10-18-51-52(43)45-14-7-9-17-50(45)54-51/h3-32,34,46H,33H2,1-2H3. The quantitative estimate of drug-likeness (QED) is 0.162. The molecule has 0 bridgehead atoms. The van der Waals surface area contributed by atoms with Gasteiger partial charge in [-0.05, 0) is 96.9 Å². The van der Waals surface area contributed by atoms with Gasteiger partial charge in [0.05, 0.1) is 0 Å². The molecule has 0 fully saturated rings. The third kappa shape index (κ3) is 5.47. The van der Waals surface area contributed by atoms with Crippen LogP contribution in [0.2, 0.25) is 0 Å². The van der Waals surface area contributed by atoms with Gasteiger partial charge in [-0.1, -0.05) is 184 Å². The number of hydrogen-bond acceptors (Lipinski definition) is 1. The summed E-state index contributed by atoms with van der Waals surface area (Å²) < 4.78 is 6.23. The fourth-order valence-corrected chi connectivity index (χ4v) is 8.85. The molecule has 1 unspecified atom stereocenters. The maximum absolute atomic E-state index is 6.23. The van der Waals surface area contributed by atoms with Crippen molar-refractivity contribution in [1.82, 2.24) is 0 Å². The molecule has 258 valence electrons. The molecule has 0 N–H and O–H groups in total. The van der Waals surface area contributed by atoms with Gasteiger partial charge in [0, 0.05) is 22.1 Å². The molecule has 54 heavy (non-hydrogen) atoms. The van der Waals surface area contributed by atoms with Crippen molar-refractivity contribution in [3.63, 3.8) is 0 Å². The highest BCUT2D eigenvalue weighted by molar-refractivity contribution is 6.12. The van der Waals surface area contributed by atoms with E-state index in [-0.39, 0.29) is 11.3 Å². The Labute approximate surface area is 317 Å². The number of hydrogen-bond donors (Lipinski definition) is 0. The minimum atomic E-state index is 0.00913. The molecule has 10 rings (SSSR count). The lowest BCUT2D eigenvalue weighted by Gasteiger charge is -2.21. The van der Waals surface area contributed by atoms with Crippen molar-refractivity contribution in [2.75, 3.05) is 0 Å². The molecule has 0 amide bonds. The van der Waals surface area contributed by atoms with E-state index in [1.54, 1.807) is 0 Å². The first kappa shape index (κ1) is 32.2. The molecular weight excluding hydrogens is 653 g/mol. The predicted octanol–water partition coefficient (Wildman–Crippen LogP) is 14.3. The highest BCUT2D eigenvalue weighted by Gasteiger charge is 2.35. The van der Waals surface area contributed by atoms with Crippen LogP contribution in [0.4, 0.5) is 0 Å². The van der Waals surface area contributed by atoms with Crippen LogP contribution in [0, 0.1) is 0 Å². The second kappa shape index (κ2) is 12.9. The van der Waals surface area contributed by atoms with E-state index < -0.39 is 0 Å². The normalized spacial score (nSPS) is 13.5. The van der Waals surface area contributed by atoms with E-state index in [4.69, 9.17) is 4.42 Å². The molecular formula is C53H40O. The summed E-state index contributed by atoms with van der Waals surface area (Å²) in [5.74, 6) is 0.189. The summed E-state index contributed by atoms with van der Waals surface area (Å²) in [7, 11) is 0. The molecule has 0 saturated heterocycles. The van der Waals surface area contributed by atoms with Crippen LogP contribution in [0.1, 0.15) is 47.6 Å². The van der Waals surface area contributed by atoms with Crippen molar-refractivity contribution >= 4 is 21.9 Å². The summed E-state index contributed by atoms with van der Waals surface area (Å²) >= 11 is 0. The lowest BCUT2D eigenvalue weighted by molar-refractivity contribution is 0.660. The molecule has 0 radical (unpaired) electrons. The molecule has 0 saturated carbocycles. The summed E-state index contributed by atoms with van der Waals surface area (Å²) in [5.41, 5.74) is 18.7. The molecule has 8 aromatic carbocycles. The van der Waals surface area contributed by atoms with Crippen LogP contribution in [-0.4, -0.2) is 0 Å². The summed E-state index contributed by atoms with van der Waals surface area (Å²) in [6.45, 7) is 4.68. The molecule has 1 heteroatoms. The smallest absolute Gasteiger partial charge is 0.136 e. The molecule has 0 spiro atoms. The van der Waals surface area contributed by atoms with Crippen LogP contribution in [0.5, 0.6) is 0 Å². The zero-order valence-corrected chi connectivity index (χ0v) is 30.6. The molecule has 1 aliphatic carbocycles. The van der Waals surface area contributed by atoms with Gasteiger partial charge in [0.25, 0.3) is 0 Å². The molecule has 1 atom stereocenters. The lowest BCUT2D eigenvalue weighted by atomic mass is 9.82. The van der Waals surface area contributed by atoms with Gasteiger partial charge in [0.1, 0.15) is 11.2 Å². The molecule has 9 aromatic rings. The minimum Gasteiger partial charge on any atom is -0.456 e. The Morgan fingerprint density at radius 1 is 0.426 bits per heavy atom. The Bertz CT molecular complexity index is 2780. The average molecular weight is 693 g/mol. The van der Waals surface area contributed by atoms with Gasteiger partial charge in [-0.3, -0.25) is 0 Å². The molecule has 1 heterocycles. The predicted molar refractivity (Wildman–Crippen MR) is 226 cm³/mol. The van der Waals surface area contributed by atoms with E-state index in [1.807, 2.05) is 6.07 Å². The van der Waals surface area contributed by atoms with Crippen LogP contribution in [0.25, 0.3) is 66.4 Å². The van der Waals surface area contributed by atoms with Gasteiger partial charge in [-0.15, -0.1) is 0 Å². The number of fused-ring (bicyclic) bond motifs is 6. The van der Waals surface area contributed by atoms with E-state index >= 15 is 0 Å². The highest BCUT2D eigenvalue weighted by Crippen LogP contribution is 2.49. The topological polar surface area (TPSA) is 13.1 Å². The monoisotopic (exact) mass is 692 g/mol. The summed E-state index contributed by atoms with van der Waals surface area (Å²) in [4.78, 5) is 0. The van der Waals surface area contributed by atoms with E-state index in [0.29, 0.717) is 0 Å². The first-order valence-corrected chi connectivity index (χ1v) is 19.0. The van der Waals surface area contributed by atoms with Crippen molar-refractivity contribution < 1.29 is 4.42 Å². The van der Waals surface area contributed by atoms with E-state index in [0.717, 1.165) is 23.0 Å². The van der Waals surface area contributed by atoms with Gasteiger partial charge in [0.2, 0.25) is 0 Å². The van der Waals surface area contributed by atoms with Crippen LogP contribution >= 0.6 is 0 Å². The summed E-state index contributed by atoms with van der Waals surface area (Å²) in [5, 5.41) is 2.32. The first-order chi connectivity index (χ1) is 26.5. The zero-order chi connectivity index (χ0) is 36.2. The molecule has 1 nitrogen and oxygen atoms in total. The third-order valence-electron chi connectivity index (χ3n) is 11.8. The highest BCUT2D eigenvalue weighted by atomic mass is 16.3. The third-order valence-corrected chi connectivity index (χ3v) is 11.8. The molecule has 0 aliphatic heterocycles. The van der Waals surface area contributed by atoms with Gasteiger partial charge in [-0.2, -0.15) is 0 Å². The first-order valence-electron chi connectivity index (χ1n) is 19.0. The number of benzene rings is 8. The Balaban J connectivity index is 1.01. The minimum absolute atomic E-state index is 0.00913. The van der Waals surface area contributed by atoms with Crippen molar-refractivity contribution in [2.24, 2.45) is 0 Å². The maximum Gasteiger partial charge on any atom is 0.136 e. The van der Waals surface area contributed by atoms with Gasteiger partial charge >= 0.3 is 0 Å². The fourth-order valence-electron chi connectivity index (χ4n) is 8.85.